The Bertz CT molecular complexity index is 741. The Morgan fingerprint density at radius 1 is 1.13 bits per heavy atom. The fraction of sp³-hybridized carbons (Fsp3) is 0.0588. The van der Waals surface area contributed by atoms with Crippen LogP contribution >= 0.6 is 0 Å². The fourth-order valence-electron chi connectivity index (χ4n) is 1.90. The Kier molecular flexibility index (Phi) is 5.49. The van der Waals surface area contributed by atoms with Crippen molar-refractivity contribution < 1.29 is 19.5 Å². The molecule has 0 aromatic heterocycles. The van der Waals surface area contributed by atoms with Gasteiger partial charge in [-0.1, -0.05) is 18.2 Å². The molecule has 0 saturated heterocycles. The van der Waals surface area contributed by atoms with Gasteiger partial charge < -0.3 is 10.1 Å². The number of methoxy groups -OCH3 is 1. The topological polar surface area (TPSA) is 87.7 Å². The van der Waals surface area contributed by atoms with Crippen LogP contribution in [0.2, 0.25) is 0 Å². The van der Waals surface area contributed by atoms with E-state index in [-0.39, 0.29) is 5.91 Å². The molecule has 3 N–H and O–H groups in total. The molecule has 0 spiro atoms. The molecule has 0 heterocycles. The van der Waals surface area contributed by atoms with Crippen LogP contribution in [0.15, 0.2) is 54.6 Å². The highest BCUT2D eigenvalue weighted by molar-refractivity contribution is 6.04. The minimum Gasteiger partial charge on any atom is -0.497 e. The SMILES string of the molecule is COc1cccc(NC(=O)c2cccc(/C=C/C(=O)NO)c2)c1. The van der Waals surface area contributed by atoms with Gasteiger partial charge in [0.05, 0.1) is 7.11 Å². The number of carbonyl (C=O) groups excluding carboxylic acids is 2. The molecule has 0 unspecified atom stereocenters. The lowest BCUT2D eigenvalue weighted by atomic mass is 10.1. The number of nitrogens with one attached hydrogen (secondary N) is 2. The molecule has 0 aliphatic rings. The van der Waals surface area contributed by atoms with Gasteiger partial charge in [0.1, 0.15) is 5.75 Å². The van der Waals surface area contributed by atoms with E-state index >= 15 is 0 Å². The first-order chi connectivity index (χ1) is 11.1. The summed E-state index contributed by atoms with van der Waals surface area (Å²) in [5, 5.41) is 11.2. The molecule has 0 fully saturated rings. The second-order valence-electron chi connectivity index (χ2n) is 4.62. The van der Waals surface area contributed by atoms with Crippen molar-refractivity contribution in [3.8, 4) is 5.75 Å². The minimum atomic E-state index is -0.642. The quantitative estimate of drug-likeness (QED) is 0.449. The van der Waals surface area contributed by atoms with Crippen molar-refractivity contribution in [3.63, 3.8) is 0 Å². The molecule has 118 valence electrons. The lowest BCUT2D eigenvalue weighted by molar-refractivity contribution is -0.124. The summed E-state index contributed by atoms with van der Waals surface area (Å²) in [6.45, 7) is 0. The van der Waals surface area contributed by atoms with Gasteiger partial charge >= 0.3 is 0 Å². The van der Waals surface area contributed by atoms with Crippen molar-refractivity contribution in [2.45, 2.75) is 0 Å². The second-order valence-corrected chi connectivity index (χ2v) is 4.62. The smallest absolute Gasteiger partial charge is 0.267 e. The van der Waals surface area contributed by atoms with Gasteiger partial charge in [-0.25, -0.2) is 5.48 Å². The van der Waals surface area contributed by atoms with Crippen LogP contribution in [0.5, 0.6) is 5.75 Å². The van der Waals surface area contributed by atoms with Crippen LogP contribution in [-0.2, 0) is 4.79 Å². The Labute approximate surface area is 133 Å². The maximum atomic E-state index is 12.3. The molecular formula is C17H16N2O4. The van der Waals surface area contributed by atoms with Crippen LogP contribution in [0.3, 0.4) is 0 Å². The molecule has 6 heteroatoms. The van der Waals surface area contributed by atoms with Crippen molar-refractivity contribution in [1.82, 2.24) is 5.48 Å². The van der Waals surface area contributed by atoms with E-state index in [4.69, 9.17) is 9.94 Å². The Hall–Kier alpha value is -3.12. The predicted octanol–water partition coefficient (Wildman–Crippen LogP) is 2.47. The summed E-state index contributed by atoms with van der Waals surface area (Å²) in [6, 6.07) is 13.8. The van der Waals surface area contributed by atoms with Crippen LogP contribution in [0.4, 0.5) is 5.69 Å². The van der Waals surface area contributed by atoms with Crippen molar-refractivity contribution in [2.75, 3.05) is 12.4 Å². The van der Waals surface area contributed by atoms with E-state index in [0.717, 1.165) is 0 Å². The normalized spacial score (nSPS) is 10.3. The predicted molar refractivity (Wildman–Crippen MR) is 86.4 cm³/mol. The first kappa shape index (κ1) is 16.3. The Balaban J connectivity index is 2.13. The van der Waals surface area contributed by atoms with Gasteiger partial charge in [0, 0.05) is 23.4 Å². The Morgan fingerprint density at radius 2 is 1.91 bits per heavy atom. The van der Waals surface area contributed by atoms with Crippen LogP contribution < -0.4 is 15.5 Å². The lowest BCUT2D eigenvalue weighted by Crippen LogP contribution is -2.14. The summed E-state index contributed by atoms with van der Waals surface area (Å²) in [5.41, 5.74) is 3.22. The number of hydrogen-bond donors (Lipinski definition) is 3. The van der Waals surface area contributed by atoms with E-state index in [1.807, 2.05) is 0 Å². The largest absolute Gasteiger partial charge is 0.497 e. The number of ether oxygens (including phenoxy) is 1. The minimum absolute atomic E-state index is 0.278. The van der Waals surface area contributed by atoms with Gasteiger partial charge in [0.2, 0.25) is 0 Å². The van der Waals surface area contributed by atoms with E-state index in [0.29, 0.717) is 22.6 Å². The summed E-state index contributed by atoms with van der Waals surface area (Å²) in [5.74, 6) is -0.272. The number of carbonyl (C=O) groups is 2. The molecule has 2 rings (SSSR count). The fourth-order valence-corrected chi connectivity index (χ4v) is 1.90. The molecule has 0 saturated carbocycles. The zero-order chi connectivity index (χ0) is 16.7. The average Bonchev–Trinajstić information content (AvgIpc) is 2.60. The molecule has 2 aromatic carbocycles. The number of benzene rings is 2. The molecule has 2 aromatic rings. The number of amides is 2. The summed E-state index contributed by atoms with van der Waals surface area (Å²) in [7, 11) is 1.55. The summed E-state index contributed by atoms with van der Waals surface area (Å²) in [4.78, 5) is 23.2. The van der Waals surface area contributed by atoms with Crippen LogP contribution in [0.25, 0.3) is 6.08 Å². The molecule has 0 aliphatic heterocycles. The number of rotatable bonds is 5. The molecule has 2 amide bonds. The maximum Gasteiger partial charge on any atom is 0.267 e. The van der Waals surface area contributed by atoms with Crippen LogP contribution in [0.1, 0.15) is 15.9 Å². The average molecular weight is 312 g/mol. The Morgan fingerprint density at radius 3 is 2.65 bits per heavy atom. The van der Waals surface area contributed by atoms with Crippen molar-refractivity contribution in [2.24, 2.45) is 0 Å². The summed E-state index contributed by atoms with van der Waals surface area (Å²) in [6.07, 6.45) is 2.66. The molecule has 6 nitrogen and oxygen atoms in total. The molecule has 0 atom stereocenters. The lowest BCUT2D eigenvalue weighted by Gasteiger charge is -2.07. The zero-order valence-electron chi connectivity index (χ0n) is 12.4. The van der Waals surface area contributed by atoms with Gasteiger partial charge in [0.25, 0.3) is 11.8 Å². The van der Waals surface area contributed by atoms with E-state index in [2.05, 4.69) is 5.32 Å². The second kappa shape index (κ2) is 7.77. The van der Waals surface area contributed by atoms with Crippen molar-refractivity contribution >= 4 is 23.6 Å². The van der Waals surface area contributed by atoms with Gasteiger partial charge in [0.15, 0.2) is 0 Å². The molecule has 0 aliphatic carbocycles. The number of anilines is 1. The highest BCUT2D eigenvalue weighted by Crippen LogP contribution is 2.18. The molecule has 23 heavy (non-hydrogen) atoms. The van der Waals surface area contributed by atoms with Gasteiger partial charge in [-0.3, -0.25) is 14.8 Å². The molecular weight excluding hydrogens is 296 g/mol. The van der Waals surface area contributed by atoms with E-state index in [1.54, 1.807) is 55.6 Å². The third-order valence-corrected chi connectivity index (χ3v) is 3.01. The summed E-state index contributed by atoms with van der Waals surface area (Å²) >= 11 is 0. The third kappa shape index (κ3) is 4.69. The van der Waals surface area contributed by atoms with Gasteiger partial charge in [-0.15, -0.1) is 0 Å². The van der Waals surface area contributed by atoms with Crippen LogP contribution in [0, 0.1) is 0 Å². The zero-order valence-corrected chi connectivity index (χ0v) is 12.4. The standard InChI is InChI=1S/C17H16N2O4/c1-23-15-7-3-6-14(11-15)18-17(21)13-5-2-4-12(10-13)8-9-16(20)19-22/h2-11,22H,1H3,(H,18,21)(H,19,20)/b9-8+. The first-order valence-electron chi connectivity index (χ1n) is 6.80. The monoisotopic (exact) mass is 312 g/mol. The highest BCUT2D eigenvalue weighted by Gasteiger charge is 2.07. The third-order valence-electron chi connectivity index (χ3n) is 3.01. The van der Waals surface area contributed by atoms with Crippen molar-refractivity contribution in [3.05, 3.63) is 65.7 Å². The van der Waals surface area contributed by atoms with E-state index in [1.165, 1.54) is 17.6 Å². The maximum absolute atomic E-state index is 12.3. The van der Waals surface area contributed by atoms with Gasteiger partial charge in [-0.2, -0.15) is 0 Å². The van der Waals surface area contributed by atoms with E-state index < -0.39 is 5.91 Å². The van der Waals surface area contributed by atoms with Crippen molar-refractivity contribution in [1.29, 1.82) is 0 Å². The molecule has 0 bridgehead atoms. The molecule has 0 radical (unpaired) electrons. The number of hydrogen-bond acceptors (Lipinski definition) is 4. The van der Waals surface area contributed by atoms with Crippen LogP contribution in [-0.4, -0.2) is 24.1 Å². The summed E-state index contributed by atoms with van der Waals surface area (Å²) < 4.78 is 5.11. The van der Waals surface area contributed by atoms with E-state index in [9.17, 15) is 9.59 Å². The first-order valence-corrected chi connectivity index (χ1v) is 6.80. The van der Waals surface area contributed by atoms with Gasteiger partial charge in [-0.05, 0) is 35.9 Å². The highest BCUT2D eigenvalue weighted by atomic mass is 16.5. The number of hydroxylamine groups is 1.